The van der Waals surface area contributed by atoms with E-state index >= 15 is 0 Å². The van der Waals surface area contributed by atoms with Crippen LogP contribution < -0.4 is 15.8 Å². The second-order valence-corrected chi connectivity index (χ2v) is 7.44. The van der Waals surface area contributed by atoms with Gasteiger partial charge in [-0.1, -0.05) is 32.0 Å². The van der Waals surface area contributed by atoms with Crippen molar-refractivity contribution in [1.82, 2.24) is 9.78 Å². The Bertz CT molecular complexity index is 880. The molecule has 0 unspecified atom stereocenters. The largest absolute Gasteiger partial charge is 0.324 e. The van der Waals surface area contributed by atoms with Crippen LogP contribution in [-0.4, -0.2) is 33.9 Å². The second-order valence-electron chi connectivity index (χ2n) is 6.42. The maximum absolute atomic E-state index is 12.9. The van der Waals surface area contributed by atoms with Crippen molar-refractivity contribution in [2.45, 2.75) is 25.3 Å². The molecular formula is C18H20N4O3S. The molecule has 0 spiro atoms. The lowest BCUT2D eigenvalue weighted by atomic mass is 10.2. The fraction of sp³-hybridized carbons (Fsp3) is 0.333. The quantitative estimate of drug-likeness (QED) is 0.868. The Balaban J connectivity index is 1.86. The first-order chi connectivity index (χ1) is 12.5. The maximum Gasteiger partial charge on any atom is 0.292 e. The second kappa shape index (κ2) is 7.74. The molecule has 26 heavy (non-hydrogen) atoms. The van der Waals surface area contributed by atoms with Crippen LogP contribution in [0.15, 0.2) is 46.2 Å². The van der Waals surface area contributed by atoms with Crippen LogP contribution in [0.1, 0.15) is 13.8 Å². The highest BCUT2D eigenvalue weighted by molar-refractivity contribution is 8.00. The van der Waals surface area contributed by atoms with E-state index in [-0.39, 0.29) is 24.3 Å². The molecule has 0 fully saturated rings. The normalized spacial score (nSPS) is 13.7. The van der Waals surface area contributed by atoms with Crippen LogP contribution in [0.3, 0.4) is 0 Å². The van der Waals surface area contributed by atoms with Gasteiger partial charge in [-0.05, 0) is 18.1 Å². The minimum atomic E-state index is -0.424. The van der Waals surface area contributed by atoms with Crippen molar-refractivity contribution < 1.29 is 9.59 Å². The minimum absolute atomic E-state index is 0.0974. The van der Waals surface area contributed by atoms with E-state index in [1.165, 1.54) is 16.7 Å². The Hall–Kier alpha value is -2.61. The Labute approximate surface area is 155 Å². The number of carbonyl (C=O) groups is 2. The van der Waals surface area contributed by atoms with E-state index in [4.69, 9.17) is 0 Å². The molecule has 0 saturated carbocycles. The third-order valence-electron chi connectivity index (χ3n) is 3.81. The monoisotopic (exact) mass is 372 g/mol. The standard InChI is InChI=1S/C18H20N4O3S/c1-12(2)9-21-16(24)11-26-14-8-19-22(18(25)17(14)21)10-15(23)20-13-6-4-3-5-7-13/h3-8,12H,9-11H2,1-2H3,(H,20,23). The van der Waals surface area contributed by atoms with Crippen molar-refractivity contribution in [3.63, 3.8) is 0 Å². The molecular weight excluding hydrogens is 352 g/mol. The van der Waals surface area contributed by atoms with Gasteiger partial charge in [0, 0.05) is 12.2 Å². The molecule has 136 valence electrons. The molecule has 2 heterocycles. The van der Waals surface area contributed by atoms with Crippen LogP contribution in [0.2, 0.25) is 0 Å². The van der Waals surface area contributed by atoms with Gasteiger partial charge in [0.15, 0.2) is 0 Å². The average molecular weight is 372 g/mol. The van der Waals surface area contributed by atoms with E-state index in [0.717, 1.165) is 4.68 Å². The molecule has 1 aliphatic heterocycles. The molecule has 1 aliphatic rings. The molecule has 1 aromatic heterocycles. The van der Waals surface area contributed by atoms with Gasteiger partial charge in [-0.15, -0.1) is 11.8 Å². The number of carbonyl (C=O) groups excluding carboxylic acids is 2. The van der Waals surface area contributed by atoms with E-state index in [0.29, 0.717) is 28.6 Å². The molecule has 3 rings (SSSR count). The fourth-order valence-corrected chi connectivity index (χ4v) is 3.58. The predicted octanol–water partition coefficient (Wildman–Crippen LogP) is 1.98. The lowest BCUT2D eigenvalue weighted by molar-refractivity contribution is -0.117. The highest BCUT2D eigenvalue weighted by atomic mass is 32.2. The summed E-state index contributed by atoms with van der Waals surface area (Å²) in [4.78, 5) is 39.6. The Kier molecular flexibility index (Phi) is 5.41. The molecule has 1 aromatic carbocycles. The number of anilines is 2. The fourth-order valence-electron chi connectivity index (χ4n) is 2.69. The number of benzene rings is 1. The lowest BCUT2D eigenvalue weighted by Crippen LogP contribution is -2.44. The number of nitrogens with zero attached hydrogens (tertiary/aromatic N) is 3. The zero-order valence-electron chi connectivity index (χ0n) is 14.6. The SMILES string of the molecule is CC(C)CN1C(=O)CSc2cnn(CC(=O)Nc3ccccc3)c(=O)c21. The molecule has 7 nitrogen and oxygen atoms in total. The van der Waals surface area contributed by atoms with Gasteiger partial charge in [-0.2, -0.15) is 5.10 Å². The summed E-state index contributed by atoms with van der Waals surface area (Å²) >= 11 is 1.30. The lowest BCUT2D eigenvalue weighted by Gasteiger charge is -2.29. The van der Waals surface area contributed by atoms with Crippen molar-refractivity contribution in [1.29, 1.82) is 0 Å². The van der Waals surface area contributed by atoms with E-state index in [1.54, 1.807) is 18.3 Å². The third-order valence-corrected chi connectivity index (χ3v) is 4.81. The molecule has 8 heteroatoms. The Morgan fingerprint density at radius 3 is 2.69 bits per heavy atom. The summed E-state index contributed by atoms with van der Waals surface area (Å²) in [6.07, 6.45) is 1.55. The van der Waals surface area contributed by atoms with Gasteiger partial charge in [-0.3, -0.25) is 14.4 Å². The number of fused-ring (bicyclic) bond motifs is 1. The molecule has 0 aliphatic carbocycles. The topological polar surface area (TPSA) is 84.3 Å². The van der Waals surface area contributed by atoms with Crippen LogP contribution in [-0.2, 0) is 16.1 Å². The average Bonchev–Trinajstić information content (AvgIpc) is 2.60. The predicted molar refractivity (Wildman–Crippen MR) is 101 cm³/mol. The summed E-state index contributed by atoms with van der Waals surface area (Å²) < 4.78 is 1.10. The Morgan fingerprint density at radius 1 is 1.27 bits per heavy atom. The van der Waals surface area contributed by atoms with Gasteiger partial charge in [0.25, 0.3) is 5.56 Å². The van der Waals surface area contributed by atoms with Crippen molar-refractivity contribution in [3.05, 3.63) is 46.9 Å². The molecule has 0 radical (unpaired) electrons. The number of hydrogen-bond acceptors (Lipinski definition) is 5. The molecule has 1 N–H and O–H groups in total. The maximum atomic E-state index is 12.9. The number of rotatable bonds is 5. The van der Waals surface area contributed by atoms with E-state index < -0.39 is 5.56 Å². The van der Waals surface area contributed by atoms with Crippen LogP contribution in [0.4, 0.5) is 11.4 Å². The van der Waals surface area contributed by atoms with Gasteiger partial charge >= 0.3 is 0 Å². The van der Waals surface area contributed by atoms with Gasteiger partial charge < -0.3 is 10.2 Å². The van der Waals surface area contributed by atoms with E-state index in [2.05, 4.69) is 10.4 Å². The first kappa shape index (κ1) is 18.2. The van der Waals surface area contributed by atoms with Crippen molar-refractivity contribution in [3.8, 4) is 0 Å². The molecule has 0 saturated heterocycles. The summed E-state index contributed by atoms with van der Waals surface area (Å²) in [5, 5.41) is 6.82. The summed E-state index contributed by atoms with van der Waals surface area (Å²) in [6, 6.07) is 9.00. The van der Waals surface area contributed by atoms with Gasteiger partial charge in [-0.25, -0.2) is 4.68 Å². The summed E-state index contributed by atoms with van der Waals surface area (Å²) in [7, 11) is 0. The van der Waals surface area contributed by atoms with Gasteiger partial charge in [0.1, 0.15) is 12.2 Å². The molecule has 2 aromatic rings. The van der Waals surface area contributed by atoms with Crippen molar-refractivity contribution in [2.24, 2.45) is 5.92 Å². The smallest absolute Gasteiger partial charge is 0.292 e. The first-order valence-corrected chi connectivity index (χ1v) is 9.32. The first-order valence-electron chi connectivity index (χ1n) is 8.34. The van der Waals surface area contributed by atoms with Crippen LogP contribution in [0.25, 0.3) is 0 Å². The van der Waals surface area contributed by atoms with Gasteiger partial charge in [0.05, 0.1) is 16.8 Å². The zero-order valence-corrected chi connectivity index (χ0v) is 15.5. The minimum Gasteiger partial charge on any atom is -0.324 e. The van der Waals surface area contributed by atoms with Crippen molar-refractivity contribution >= 4 is 35.0 Å². The van der Waals surface area contributed by atoms with E-state index in [9.17, 15) is 14.4 Å². The highest BCUT2D eigenvalue weighted by Gasteiger charge is 2.29. The number of para-hydroxylation sites is 1. The zero-order chi connectivity index (χ0) is 18.7. The van der Waals surface area contributed by atoms with Crippen LogP contribution in [0, 0.1) is 5.92 Å². The molecule has 0 atom stereocenters. The number of nitrogens with one attached hydrogen (secondary N) is 1. The number of amides is 2. The summed E-state index contributed by atoms with van der Waals surface area (Å²) in [6.45, 7) is 4.22. The summed E-state index contributed by atoms with van der Waals surface area (Å²) in [5.74, 6) is 0.0623. The third kappa shape index (κ3) is 3.96. The Morgan fingerprint density at radius 2 is 2.00 bits per heavy atom. The molecule has 0 bridgehead atoms. The van der Waals surface area contributed by atoms with Gasteiger partial charge in [0.2, 0.25) is 11.8 Å². The number of aromatic nitrogens is 2. The van der Waals surface area contributed by atoms with E-state index in [1.807, 2.05) is 32.0 Å². The highest BCUT2D eigenvalue weighted by Crippen LogP contribution is 2.32. The van der Waals surface area contributed by atoms with Crippen LogP contribution in [0.5, 0.6) is 0 Å². The molecule has 2 amide bonds. The van der Waals surface area contributed by atoms with Crippen molar-refractivity contribution in [2.75, 3.05) is 22.5 Å². The van der Waals surface area contributed by atoms with Crippen LogP contribution >= 0.6 is 11.8 Å². The number of thioether (sulfide) groups is 1. The summed E-state index contributed by atoms with van der Waals surface area (Å²) in [5.41, 5.74) is 0.546. The number of hydrogen-bond donors (Lipinski definition) is 1.